The number of anilines is 1. The van der Waals surface area contributed by atoms with Gasteiger partial charge in [0.1, 0.15) is 5.82 Å². The van der Waals surface area contributed by atoms with Crippen molar-refractivity contribution in [3.63, 3.8) is 0 Å². The molecule has 17 heavy (non-hydrogen) atoms. The third kappa shape index (κ3) is 2.12. The molecule has 0 fully saturated rings. The fraction of sp³-hybridized carbons (Fsp3) is 0.538. The predicted octanol–water partition coefficient (Wildman–Crippen LogP) is 2.01. The first kappa shape index (κ1) is 11.9. The Morgan fingerprint density at radius 3 is 2.76 bits per heavy atom. The van der Waals surface area contributed by atoms with Crippen LogP contribution in [0.25, 0.3) is 0 Å². The molecule has 0 bridgehead atoms. The van der Waals surface area contributed by atoms with Crippen LogP contribution in [0, 0.1) is 13.8 Å². The van der Waals surface area contributed by atoms with Crippen molar-refractivity contribution in [2.24, 2.45) is 0 Å². The van der Waals surface area contributed by atoms with Gasteiger partial charge in [0.15, 0.2) is 5.75 Å². The zero-order valence-electron chi connectivity index (χ0n) is 10.8. The highest BCUT2D eigenvalue weighted by Gasteiger charge is 2.22. The van der Waals surface area contributed by atoms with Crippen molar-refractivity contribution in [3.05, 3.63) is 16.8 Å². The zero-order valence-corrected chi connectivity index (χ0v) is 10.8. The maximum absolute atomic E-state index is 11.1. The highest BCUT2D eigenvalue weighted by molar-refractivity contribution is 5.71. The summed E-state index contributed by atoms with van der Waals surface area (Å²) in [5.41, 5.74) is 3.04. The summed E-state index contributed by atoms with van der Waals surface area (Å²) in [6.07, 6.45) is 2.13. The quantitative estimate of drug-likeness (QED) is 0.697. The van der Waals surface area contributed by atoms with Crippen LogP contribution in [0.1, 0.15) is 30.2 Å². The van der Waals surface area contributed by atoms with Crippen molar-refractivity contribution in [3.8, 4) is 5.75 Å². The topological polar surface area (TPSA) is 42.4 Å². The molecule has 0 unspecified atom stereocenters. The minimum atomic E-state index is -0.290. The molecule has 0 aromatic carbocycles. The molecule has 4 heteroatoms. The van der Waals surface area contributed by atoms with Crippen LogP contribution in [-0.4, -0.2) is 24.5 Å². The van der Waals surface area contributed by atoms with Gasteiger partial charge in [-0.3, -0.25) is 4.79 Å². The number of esters is 1. The van der Waals surface area contributed by atoms with Gasteiger partial charge in [0.2, 0.25) is 0 Å². The van der Waals surface area contributed by atoms with Gasteiger partial charge in [-0.2, -0.15) is 0 Å². The van der Waals surface area contributed by atoms with Crippen LogP contribution in [0.5, 0.6) is 5.75 Å². The van der Waals surface area contributed by atoms with Crippen LogP contribution < -0.4 is 9.64 Å². The van der Waals surface area contributed by atoms with Gasteiger partial charge in [0.05, 0.1) is 5.69 Å². The van der Waals surface area contributed by atoms with Crippen LogP contribution >= 0.6 is 0 Å². The van der Waals surface area contributed by atoms with Gasteiger partial charge in [-0.05, 0) is 26.7 Å². The van der Waals surface area contributed by atoms with Gasteiger partial charge in [-0.15, -0.1) is 0 Å². The standard InChI is InChI=1S/C13H18N2O2/c1-8-11-6-5-7-15(4)13(11)14-9(2)12(8)17-10(3)16/h5-7H2,1-4H3. The molecule has 2 heterocycles. The third-order valence-corrected chi connectivity index (χ3v) is 3.19. The number of rotatable bonds is 1. The molecule has 0 amide bonds. The van der Waals surface area contributed by atoms with Gasteiger partial charge in [-0.1, -0.05) is 0 Å². The largest absolute Gasteiger partial charge is 0.424 e. The fourth-order valence-corrected chi connectivity index (χ4v) is 2.36. The molecule has 0 saturated carbocycles. The van der Waals surface area contributed by atoms with E-state index in [1.807, 2.05) is 13.8 Å². The molecular formula is C13H18N2O2. The lowest BCUT2D eigenvalue weighted by Crippen LogP contribution is -2.27. The highest BCUT2D eigenvalue weighted by Crippen LogP contribution is 2.34. The molecule has 92 valence electrons. The second-order valence-corrected chi connectivity index (χ2v) is 4.57. The van der Waals surface area contributed by atoms with E-state index in [1.165, 1.54) is 12.5 Å². The number of fused-ring (bicyclic) bond motifs is 1. The average Bonchev–Trinajstić information content (AvgIpc) is 2.26. The normalized spacial score (nSPS) is 14.5. The van der Waals surface area contributed by atoms with E-state index in [-0.39, 0.29) is 5.97 Å². The number of aryl methyl sites for hydroxylation is 1. The van der Waals surface area contributed by atoms with Crippen LogP contribution in [0.4, 0.5) is 5.82 Å². The molecule has 0 aliphatic carbocycles. The summed E-state index contributed by atoms with van der Waals surface area (Å²) in [7, 11) is 2.05. The Morgan fingerprint density at radius 2 is 2.12 bits per heavy atom. The Morgan fingerprint density at radius 1 is 1.41 bits per heavy atom. The first-order valence-corrected chi connectivity index (χ1v) is 5.90. The zero-order chi connectivity index (χ0) is 12.6. The number of ether oxygens (including phenoxy) is 1. The summed E-state index contributed by atoms with van der Waals surface area (Å²) in [6.45, 7) is 6.34. The van der Waals surface area contributed by atoms with Crippen molar-refractivity contribution in [2.45, 2.75) is 33.6 Å². The summed E-state index contributed by atoms with van der Waals surface area (Å²) >= 11 is 0. The summed E-state index contributed by atoms with van der Waals surface area (Å²) in [4.78, 5) is 17.8. The predicted molar refractivity (Wildman–Crippen MR) is 66.6 cm³/mol. The van der Waals surface area contributed by atoms with Crippen molar-refractivity contribution >= 4 is 11.8 Å². The number of carbonyl (C=O) groups excluding carboxylic acids is 1. The maximum atomic E-state index is 11.1. The Bertz CT molecular complexity index is 469. The second-order valence-electron chi connectivity index (χ2n) is 4.57. The molecule has 4 nitrogen and oxygen atoms in total. The Kier molecular flexibility index (Phi) is 3.05. The fourth-order valence-electron chi connectivity index (χ4n) is 2.36. The Balaban J connectivity index is 2.53. The van der Waals surface area contributed by atoms with E-state index >= 15 is 0 Å². The van der Waals surface area contributed by atoms with E-state index in [2.05, 4.69) is 16.9 Å². The minimum Gasteiger partial charge on any atom is -0.424 e. The summed E-state index contributed by atoms with van der Waals surface area (Å²) in [5, 5.41) is 0. The van der Waals surface area contributed by atoms with Gasteiger partial charge >= 0.3 is 5.97 Å². The number of carbonyl (C=O) groups is 1. The Labute approximate surface area is 102 Å². The van der Waals surface area contributed by atoms with Gasteiger partial charge in [0.25, 0.3) is 0 Å². The summed E-state index contributed by atoms with van der Waals surface area (Å²) < 4.78 is 5.26. The lowest BCUT2D eigenvalue weighted by molar-refractivity contribution is -0.132. The molecule has 0 N–H and O–H groups in total. The smallest absolute Gasteiger partial charge is 0.308 e. The summed E-state index contributed by atoms with van der Waals surface area (Å²) in [6, 6.07) is 0. The SMILES string of the molecule is CC(=O)Oc1c(C)nc2c(c1C)CCCN2C. The molecule has 1 aromatic rings. The minimum absolute atomic E-state index is 0.290. The summed E-state index contributed by atoms with van der Waals surface area (Å²) in [5.74, 6) is 1.37. The number of pyridine rings is 1. The highest BCUT2D eigenvalue weighted by atomic mass is 16.5. The van der Waals surface area contributed by atoms with E-state index in [1.54, 1.807) is 0 Å². The molecule has 1 aromatic heterocycles. The van der Waals surface area contributed by atoms with Crippen LogP contribution in [-0.2, 0) is 11.2 Å². The van der Waals surface area contributed by atoms with E-state index in [9.17, 15) is 4.79 Å². The Hall–Kier alpha value is -1.58. The van der Waals surface area contributed by atoms with E-state index in [0.717, 1.165) is 36.5 Å². The van der Waals surface area contributed by atoms with Gasteiger partial charge in [-0.25, -0.2) is 4.98 Å². The molecule has 0 spiro atoms. The van der Waals surface area contributed by atoms with Crippen molar-refractivity contribution < 1.29 is 9.53 Å². The lowest BCUT2D eigenvalue weighted by Gasteiger charge is -2.28. The van der Waals surface area contributed by atoms with Crippen LogP contribution in [0.2, 0.25) is 0 Å². The van der Waals surface area contributed by atoms with Crippen LogP contribution in [0.3, 0.4) is 0 Å². The van der Waals surface area contributed by atoms with Crippen molar-refractivity contribution in [1.82, 2.24) is 4.98 Å². The first-order chi connectivity index (χ1) is 8.00. The number of nitrogens with zero attached hydrogens (tertiary/aromatic N) is 2. The lowest BCUT2D eigenvalue weighted by atomic mass is 9.99. The molecule has 0 radical (unpaired) electrons. The molecule has 0 saturated heterocycles. The van der Waals surface area contributed by atoms with Crippen LogP contribution in [0.15, 0.2) is 0 Å². The molecule has 0 atom stereocenters. The number of hydrogen-bond donors (Lipinski definition) is 0. The third-order valence-electron chi connectivity index (χ3n) is 3.19. The van der Waals surface area contributed by atoms with E-state index < -0.39 is 0 Å². The van der Waals surface area contributed by atoms with Gasteiger partial charge in [0, 0.05) is 31.6 Å². The van der Waals surface area contributed by atoms with E-state index in [4.69, 9.17) is 4.74 Å². The van der Waals surface area contributed by atoms with Gasteiger partial charge < -0.3 is 9.64 Å². The van der Waals surface area contributed by atoms with E-state index in [0.29, 0.717) is 5.75 Å². The molecular weight excluding hydrogens is 216 g/mol. The molecule has 2 rings (SSSR count). The number of aromatic nitrogens is 1. The molecule has 1 aliphatic rings. The monoisotopic (exact) mass is 234 g/mol. The van der Waals surface area contributed by atoms with Crippen molar-refractivity contribution in [2.75, 3.05) is 18.5 Å². The average molecular weight is 234 g/mol. The number of hydrogen-bond acceptors (Lipinski definition) is 4. The van der Waals surface area contributed by atoms with Crippen molar-refractivity contribution in [1.29, 1.82) is 0 Å². The maximum Gasteiger partial charge on any atom is 0.308 e. The molecule has 1 aliphatic heterocycles. The second kappa shape index (κ2) is 4.35. The first-order valence-electron chi connectivity index (χ1n) is 5.90.